The quantitative estimate of drug-likeness (QED) is 0.398. The van der Waals surface area contributed by atoms with Crippen molar-refractivity contribution in [1.29, 1.82) is 0 Å². The number of anilines is 2. The summed E-state index contributed by atoms with van der Waals surface area (Å²) in [6, 6.07) is 9.43. The van der Waals surface area contributed by atoms with Crippen LogP contribution in [0.25, 0.3) is 0 Å². The third-order valence-corrected chi connectivity index (χ3v) is 9.13. The third kappa shape index (κ3) is 5.86. The fraction of sp³-hybridized carbons (Fsp3) is 0.480. The Kier molecular flexibility index (Phi) is 8.52. The molecule has 0 aromatic heterocycles. The summed E-state index contributed by atoms with van der Waals surface area (Å²) in [5.41, 5.74) is 0.792. The van der Waals surface area contributed by atoms with Gasteiger partial charge >= 0.3 is 5.97 Å². The fourth-order valence-corrected chi connectivity index (χ4v) is 7.13. The molecule has 0 spiro atoms. The molecule has 34 heavy (non-hydrogen) atoms. The number of hydrogen-bond acceptors (Lipinski definition) is 6. The maximum absolute atomic E-state index is 13.8. The second kappa shape index (κ2) is 11.0. The molecular weight excluding hydrogens is 477 g/mol. The van der Waals surface area contributed by atoms with Gasteiger partial charge in [-0.25, -0.2) is 12.8 Å². The average Bonchev–Trinajstić information content (AvgIpc) is 2.90. The number of rotatable bonds is 10. The Balaban J connectivity index is 2.19. The molecule has 6 nitrogen and oxygen atoms in total. The predicted molar refractivity (Wildman–Crippen MR) is 134 cm³/mol. The number of ether oxygens (including phenoxy) is 1. The maximum atomic E-state index is 13.8. The van der Waals surface area contributed by atoms with E-state index in [0.717, 1.165) is 24.9 Å². The SMILES string of the molecule is CCCC[C@]1(CC)CN(c2ccc(F)cc2)c2cc(SC)c(OCCC(=O)O)cc2S(=O)(=O)C1. The lowest BCUT2D eigenvalue weighted by Crippen LogP contribution is -2.37. The van der Waals surface area contributed by atoms with Crippen LogP contribution < -0.4 is 9.64 Å². The Morgan fingerprint density at radius 1 is 1.24 bits per heavy atom. The molecule has 0 unspecified atom stereocenters. The number of sulfone groups is 1. The van der Waals surface area contributed by atoms with Crippen molar-refractivity contribution < 1.29 is 27.4 Å². The molecule has 1 atom stereocenters. The minimum Gasteiger partial charge on any atom is -0.492 e. The molecule has 2 aromatic rings. The number of benzene rings is 2. The molecule has 0 bridgehead atoms. The number of carbonyl (C=O) groups is 1. The van der Waals surface area contributed by atoms with Crippen LogP contribution in [0, 0.1) is 11.2 Å². The molecule has 2 aromatic carbocycles. The Hall–Kier alpha value is -2.26. The lowest BCUT2D eigenvalue weighted by molar-refractivity contribution is -0.137. The first kappa shape index (κ1) is 26.3. The highest BCUT2D eigenvalue weighted by Crippen LogP contribution is 2.47. The average molecular weight is 510 g/mol. The van der Waals surface area contributed by atoms with E-state index in [9.17, 15) is 17.6 Å². The van der Waals surface area contributed by atoms with E-state index in [-0.39, 0.29) is 29.5 Å². The molecule has 1 aliphatic heterocycles. The molecule has 0 fully saturated rings. The lowest BCUT2D eigenvalue weighted by Gasteiger charge is -2.36. The van der Waals surface area contributed by atoms with E-state index in [4.69, 9.17) is 9.84 Å². The smallest absolute Gasteiger partial charge is 0.306 e. The van der Waals surface area contributed by atoms with Gasteiger partial charge in [0.05, 0.1) is 34.3 Å². The second-order valence-corrected chi connectivity index (χ2v) is 11.5. The number of unbranched alkanes of at least 4 members (excludes halogenated alkanes) is 1. The highest BCUT2D eigenvalue weighted by molar-refractivity contribution is 7.98. The molecule has 9 heteroatoms. The largest absolute Gasteiger partial charge is 0.492 e. The molecule has 1 aliphatic rings. The van der Waals surface area contributed by atoms with Crippen molar-refractivity contribution in [1.82, 2.24) is 0 Å². The monoisotopic (exact) mass is 509 g/mol. The molecule has 0 amide bonds. The number of nitrogens with zero attached hydrogens (tertiary/aromatic N) is 1. The van der Waals surface area contributed by atoms with Gasteiger partial charge in [-0.2, -0.15) is 0 Å². The van der Waals surface area contributed by atoms with Gasteiger partial charge < -0.3 is 14.7 Å². The van der Waals surface area contributed by atoms with Gasteiger partial charge in [0.1, 0.15) is 11.6 Å². The first-order valence-electron chi connectivity index (χ1n) is 11.5. The van der Waals surface area contributed by atoms with Crippen LogP contribution in [0.15, 0.2) is 46.2 Å². The summed E-state index contributed by atoms with van der Waals surface area (Å²) < 4.78 is 46.9. The molecule has 186 valence electrons. The van der Waals surface area contributed by atoms with Crippen LogP contribution in [-0.2, 0) is 14.6 Å². The predicted octanol–water partition coefficient (Wildman–Crippen LogP) is 5.91. The number of halogens is 1. The molecule has 0 saturated heterocycles. The summed E-state index contributed by atoms with van der Waals surface area (Å²) in [5.74, 6) is -0.980. The third-order valence-electron chi connectivity index (χ3n) is 6.38. The number of carboxylic acid groups (broad SMARTS) is 1. The highest BCUT2D eigenvalue weighted by Gasteiger charge is 2.42. The molecule has 3 rings (SSSR count). The van der Waals surface area contributed by atoms with Gasteiger partial charge in [0, 0.05) is 23.7 Å². The fourth-order valence-electron chi connectivity index (χ4n) is 4.40. The van der Waals surface area contributed by atoms with Crippen molar-refractivity contribution in [2.45, 2.75) is 55.7 Å². The van der Waals surface area contributed by atoms with Gasteiger partial charge in [-0.3, -0.25) is 4.79 Å². The summed E-state index contributed by atoms with van der Waals surface area (Å²) >= 11 is 1.40. The highest BCUT2D eigenvalue weighted by atomic mass is 32.2. The van der Waals surface area contributed by atoms with Crippen LogP contribution in [0.5, 0.6) is 5.75 Å². The van der Waals surface area contributed by atoms with Gasteiger partial charge in [-0.1, -0.05) is 26.7 Å². The zero-order valence-electron chi connectivity index (χ0n) is 19.8. The van der Waals surface area contributed by atoms with Gasteiger partial charge in [-0.15, -0.1) is 11.8 Å². The van der Waals surface area contributed by atoms with Crippen molar-refractivity contribution in [3.8, 4) is 5.75 Å². The lowest BCUT2D eigenvalue weighted by atomic mass is 9.81. The van der Waals surface area contributed by atoms with Crippen LogP contribution in [0.1, 0.15) is 46.0 Å². The first-order chi connectivity index (χ1) is 16.1. The minimum atomic E-state index is -3.69. The first-order valence-corrected chi connectivity index (χ1v) is 14.3. The van der Waals surface area contributed by atoms with Crippen LogP contribution >= 0.6 is 11.8 Å². The van der Waals surface area contributed by atoms with Crippen molar-refractivity contribution in [3.05, 3.63) is 42.2 Å². The van der Waals surface area contributed by atoms with Crippen molar-refractivity contribution in [3.63, 3.8) is 0 Å². The molecule has 0 radical (unpaired) electrons. The van der Waals surface area contributed by atoms with E-state index >= 15 is 0 Å². The van der Waals surface area contributed by atoms with E-state index in [0.29, 0.717) is 29.3 Å². The van der Waals surface area contributed by atoms with Crippen LogP contribution in [0.3, 0.4) is 0 Å². The van der Waals surface area contributed by atoms with Crippen LogP contribution in [-0.4, -0.2) is 44.7 Å². The van der Waals surface area contributed by atoms with E-state index in [1.165, 1.54) is 30.0 Å². The molecule has 0 saturated carbocycles. The zero-order chi connectivity index (χ0) is 24.9. The van der Waals surface area contributed by atoms with Crippen LogP contribution in [0.2, 0.25) is 0 Å². The summed E-state index contributed by atoms with van der Waals surface area (Å²) in [7, 11) is -3.69. The van der Waals surface area contributed by atoms with Crippen molar-refractivity contribution >= 4 is 38.9 Å². The maximum Gasteiger partial charge on any atom is 0.306 e. The molecule has 0 aliphatic carbocycles. The van der Waals surface area contributed by atoms with Gasteiger partial charge in [-0.05, 0) is 49.4 Å². The number of hydrogen-bond donors (Lipinski definition) is 1. The standard InChI is InChI=1S/C25H32FNO5S2/c1-4-6-12-25(5-2)16-27(19-9-7-18(26)8-10-19)20-14-22(33-3)21(32-13-11-24(28)29)15-23(20)34(30,31)17-25/h7-10,14-15H,4-6,11-13,16-17H2,1-3H3,(H,28,29)/t25-/m1/s1. The summed E-state index contributed by atoms with van der Waals surface area (Å²) in [6.07, 6.45) is 5.00. The van der Waals surface area contributed by atoms with Crippen molar-refractivity contribution in [2.75, 3.05) is 30.1 Å². The Bertz CT molecular complexity index is 1120. The summed E-state index contributed by atoms with van der Waals surface area (Å²) in [5, 5.41) is 8.95. The Morgan fingerprint density at radius 2 is 1.94 bits per heavy atom. The molecule has 1 N–H and O–H groups in total. The van der Waals surface area contributed by atoms with Crippen LogP contribution in [0.4, 0.5) is 15.8 Å². The minimum absolute atomic E-state index is 0.00831. The number of fused-ring (bicyclic) bond motifs is 1. The summed E-state index contributed by atoms with van der Waals surface area (Å²) in [6.45, 7) is 4.55. The van der Waals surface area contributed by atoms with Gasteiger partial charge in [0.15, 0.2) is 9.84 Å². The van der Waals surface area contributed by atoms with E-state index in [1.54, 1.807) is 18.2 Å². The molecular formula is C25H32FNO5S2. The zero-order valence-corrected chi connectivity index (χ0v) is 21.5. The van der Waals surface area contributed by atoms with E-state index in [1.807, 2.05) is 18.1 Å². The number of thioether (sulfide) groups is 1. The Morgan fingerprint density at radius 3 is 2.53 bits per heavy atom. The summed E-state index contributed by atoms with van der Waals surface area (Å²) in [4.78, 5) is 13.8. The molecule has 1 heterocycles. The van der Waals surface area contributed by atoms with Crippen molar-refractivity contribution in [2.24, 2.45) is 5.41 Å². The van der Waals surface area contributed by atoms with E-state index in [2.05, 4.69) is 6.92 Å². The van der Waals surface area contributed by atoms with E-state index < -0.39 is 21.2 Å². The Labute approximate surface area is 205 Å². The topological polar surface area (TPSA) is 83.9 Å². The number of aliphatic carboxylic acids is 1. The van der Waals surface area contributed by atoms with Gasteiger partial charge in [0.2, 0.25) is 0 Å². The normalized spacial score (nSPS) is 19.4. The number of carboxylic acids is 1. The van der Waals surface area contributed by atoms with Gasteiger partial charge in [0.25, 0.3) is 0 Å². The second-order valence-electron chi connectivity index (χ2n) is 8.74.